The lowest BCUT2D eigenvalue weighted by Crippen LogP contribution is -2.31. The maximum absolute atomic E-state index is 12.2. The van der Waals surface area contributed by atoms with Gasteiger partial charge in [-0.15, -0.1) is 0 Å². The number of para-hydroxylation sites is 2. The first-order valence-electron chi connectivity index (χ1n) is 8.62. The number of methoxy groups -OCH3 is 1. The van der Waals surface area contributed by atoms with Crippen LogP contribution in [0, 0.1) is 0 Å². The summed E-state index contributed by atoms with van der Waals surface area (Å²) in [6, 6.07) is 12.8. The van der Waals surface area contributed by atoms with Gasteiger partial charge in [0.25, 0.3) is 5.91 Å². The molecule has 2 aromatic carbocycles. The maximum Gasteiger partial charge on any atom is 0.258 e. The van der Waals surface area contributed by atoms with Crippen LogP contribution in [-0.4, -0.2) is 32.8 Å². The number of carbonyl (C=O) groups excluding carboxylic acids is 1. The van der Waals surface area contributed by atoms with Gasteiger partial charge in [0, 0.05) is 6.42 Å². The Bertz CT molecular complexity index is 762. The van der Waals surface area contributed by atoms with Gasteiger partial charge in [0.2, 0.25) is 0 Å². The molecule has 1 N–H and O–H groups in total. The molecule has 138 valence electrons. The molecule has 1 aliphatic rings. The molecule has 0 saturated carbocycles. The molecule has 0 saturated heterocycles. The lowest BCUT2D eigenvalue weighted by molar-refractivity contribution is -0.123. The van der Waals surface area contributed by atoms with Crippen LogP contribution in [0.4, 0.5) is 0 Å². The smallest absolute Gasteiger partial charge is 0.258 e. The van der Waals surface area contributed by atoms with Crippen LogP contribution in [0.2, 0.25) is 0 Å². The van der Waals surface area contributed by atoms with Crippen molar-refractivity contribution in [3.63, 3.8) is 0 Å². The summed E-state index contributed by atoms with van der Waals surface area (Å²) >= 11 is 0. The summed E-state index contributed by atoms with van der Waals surface area (Å²) in [5.41, 5.74) is 0.944. The topological polar surface area (TPSA) is 66.0 Å². The summed E-state index contributed by atoms with van der Waals surface area (Å²) in [5, 5.41) is 2.93. The normalized spacial score (nSPS) is 14.1. The quantitative estimate of drug-likeness (QED) is 0.860. The Hall–Kier alpha value is -2.89. The second kappa shape index (κ2) is 8.47. The van der Waals surface area contributed by atoms with Gasteiger partial charge in [0.05, 0.1) is 26.4 Å². The molecule has 0 fully saturated rings. The lowest BCUT2D eigenvalue weighted by Gasteiger charge is -2.17. The van der Waals surface area contributed by atoms with Gasteiger partial charge in [-0.05, 0) is 36.8 Å². The second-order valence-electron chi connectivity index (χ2n) is 5.99. The molecule has 26 heavy (non-hydrogen) atoms. The van der Waals surface area contributed by atoms with Crippen LogP contribution in [0.15, 0.2) is 42.5 Å². The first-order chi connectivity index (χ1) is 12.7. The fourth-order valence-corrected chi connectivity index (χ4v) is 2.70. The Morgan fingerprint density at radius 3 is 2.62 bits per heavy atom. The van der Waals surface area contributed by atoms with Crippen molar-refractivity contribution in [3.05, 3.63) is 48.0 Å². The van der Waals surface area contributed by atoms with E-state index in [0.29, 0.717) is 30.5 Å². The minimum Gasteiger partial charge on any atom is -0.493 e. The third-order valence-electron chi connectivity index (χ3n) is 4.08. The van der Waals surface area contributed by atoms with Crippen LogP contribution < -0.4 is 24.3 Å². The van der Waals surface area contributed by atoms with E-state index in [4.69, 9.17) is 18.9 Å². The van der Waals surface area contributed by atoms with Crippen molar-refractivity contribution in [3.8, 4) is 23.0 Å². The van der Waals surface area contributed by atoms with E-state index in [0.717, 1.165) is 17.7 Å². The van der Waals surface area contributed by atoms with Crippen LogP contribution in [0.3, 0.4) is 0 Å². The van der Waals surface area contributed by atoms with E-state index in [9.17, 15) is 4.79 Å². The standard InChI is InChI=1S/C20H23NO5/c1-14(15-8-9-18-19(12-15)25-11-5-10-24-18)21-20(22)13-26-17-7-4-3-6-16(17)23-2/h3-4,6-9,12,14H,5,10-11,13H2,1-2H3,(H,21,22). The van der Waals surface area contributed by atoms with Crippen molar-refractivity contribution in [2.24, 2.45) is 0 Å². The zero-order chi connectivity index (χ0) is 18.4. The number of amides is 1. The maximum atomic E-state index is 12.2. The predicted molar refractivity (Wildman–Crippen MR) is 97.1 cm³/mol. The SMILES string of the molecule is COc1ccccc1OCC(=O)NC(C)c1ccc2c(c1)OCCCO2. The number of fused-ring (bicyclic) bond motifs is 1. The van der Waals surface area contributed by atoms with Crippen LogP contribution in [-0.2, 0) is 4.79 Å². The van der Waals surface area contributed by atoms with E-state index >= 15 is 0 Å². The summed E-state index contributed by atoms with van der Waals surface area (Å²) in [6.07, 6.45) is 0.858. The summed E-state index contributed by atoms with van der Waals surface area (Å²) in [4.78, 5) is 12.2. The van der Waals surface area contributed by atoms with Crippen LogP contribution in [0.25, 0.3) is 0 Å². The van der Waals surface area contributed by atoms with Crippen molar-refractivity contribution in [1.29, 1.82) is 0 Å². The molecule has 0 aromatic heterocycles. The zero-order valence-corrected chi connectivity index (χ0v) is 15.0. The van der Waals surface area contributed by atoms with E-state index < -0.39 is 0 Å². The Kier molecular flexibility index (Phi) is 5.84. The number of ether oxygens (including phenoxy) is 4. The van der Waals surface area contributed by atoms with Gasteiger partial charge >= 0.3 is 0 Å². The zero-order valence-electron chi connectivity index (χ0n) is 15.0. The Morgan fingerprint density at radius 2 is 1.85 bits per heavy atom. The summed E-state index contributed by atoms with van der Waals surface area (Å²) < 4.78 is 22.1. The van der Waals surface area contributed by atoms with Crippen molar-refractivity contribution >= 4 is 5.91 Å². The average Bonchev–Trinajstić information content (AvgIpc) is 2.91. The number of nitrogens with one attached hydrogen (secondary N) is 1. The van der Waals surface area contributed by atoms with Crippen LogP contribution >= 0.6 is 0 Å². The largest absolute Gasteiger partial charge is 0.493 e. The van der Waals surface area contributed by atoms with Crippen molar-refractivity contribution < 1.29 is 23.7 Å². The number of hydrogen-bond donors (Lipinski definition) is 1. The number of benzene rings is 2. The molecule has 1 heterocycles. The highest BCUT2D eigenvalue weighted by molar-refractivity contribution is 5.78. The number of rotatable bonds is 6. The van der Waals surface area contributed by atoms with Gasteiger partial charge in [0.1, 0.15) is 0 Å². The molecule has 0 bridgehead atoms. The first-order valence-corrected chi connectivity index (χ1v) is 8.62. The van der Waals surface area contributed by atoms with Gasteiger partial charge in [-0.2, -0.15) is 0 Å². The monoisotopic (exact) mass is 357 g/mol. The second-order valence-corrected chi connectivity index (χ2v) is 5.99. The molecule has 0 spiro atoms. The van der Waals surface area contributed by atoms with E-state index in [-0.39, 0.29) is 18.6 Å². The number of hydrogen-bond acceptors (Lipinski definition) is 5. The van der Waals surface area contributed by atoms with E-state index in [1.54, 1.807) is 19.2 Å². The summed E-state index contributed by atoms with van der Waals surface area (Å²) in [5.74, 6) is 2.37. The van der Waals surface area contributed by atoms with Gasteiger partial charge in [-0.3, -0.25) is 4.79 Å². The third kappa shape index (κ3) is 4.39. The molecule has 0 aliphatic carbocycles. The Balaban J connectivity index is 1.58. The van der Waals surface area contributed by atoms with Crippen molar-refractivity contribution in [2.45, 2.75) is 19.4 Å². The minimum absolute atomic E-state index is 0.0880. The van der Waals surface area contributed by atoms with E-state index in [1.807, 2.05) is 37.3 Å². The molecule has 2 aromatic rings. The van der Waals surface area contributed by atoms with Crippen LogP contribution in [0.1, 0.15) is 24.9 Å². The van der Waals surface area contributed by atoms with Gasteiger partial charge in [-0.25, -0.2) is 0 Å². The fourth-order valence-electron chi connectivity index (χ4n) is 2.70. The molecule has 6 nitrogen and oxygen atoms in total. The molecule has 1 atom stereocenters. The molecule has 0 radical (unpaired) electrons. The molecule has 1 aliphatic heterocycles. The highest BCUT2D eigenvalue weighted by atomic mass is 16.5. The lowest BCUT2D eigenvalue weighted by atomic mass is 10.1. The summed E-state index contributed by atoms with van der Waals surface area (Å²) in [6.45, 7) is 3.11. The van der Waals surface area contributed by atoms with Gasteiger partial charge < -0.3 is 24.3 Å². The minimum atomic E-state index is -0.212. The highest BCUT2D eigenvalue weighted by Crippen LogP contribution is 2.32. The Labute approximate surface area is 153 Å². The molecule has 1 amide bonds. The van der Waals surface area contributed by atoms with Gasteiger partial charge in [-0.1, -0.05) is 18.2 Å². The molecule has 1 unspecified atom stereocenters. The first kappa shape index (κ1) is 17.9. The van der Waals surface area contributed by atoms with Crippen molar-refractivity contribution in [1.82, 2.24) is 5.32 Å². The number of carbonyl (C=O) groups is 1. The van der Waals surface area contributed by atoms with Crippen molar-refractivity contribution in [2.75, 3.05) is 26.9 Å². The highest BCUT2D eigenvalue weighted by Gasteiger charge is 2.15. The molecule has 6 heteroatoms. The summed E-state index contributed by atoms with van der Waals surface area (Å²) in [7, 11) is 1.56. The average molecular weight is 357 g/mol. The fraction of sp³-hybridized carbons (Fsp3) is 0.350. The predicted octanol–water partition coefficient (Wildman–Crippen LogP) is 3.11. The molecular weight excluding hydrogens is 334 g/mol. The van der Waals surface area contributed by atoms with Crippen LogP contribution in [0.5, 0.6) is 23.0 Å². The third-order valence-corrected chi connectivity index (χ3v) is 4.08. The Morgan fingerprint density at radius 1 is 1.12 bits per heavy atom. The van der Waals surface area contributed by atoms with E-state index in [2.05, 4.69) is 5.32 Å². The van der Waals surface area contributed by atoms with Gasteiger partial charge in [0.15, 0.2) is 29.6 Å². The van der Waals surface area contributed by atoms with E-state index in [1.165, 1.54) is 0 Å². The molecule has 3 rings (SSSR count). The molecular formula is C20H23NO5.